The van der Waals surface area contributed by atoms with Crippen molar-refractivity contribution in [2.24, 2.45) is 0 Å². The molecular weight excluding hydrogens is 190 g/mol. The molecule has 1 amide bonds. The Bertz CT molecular complexity index is 434. The summed E-state index contributed by atoms with van der Waals surface area (Å²) in [6, 6.07) is 0. The zero-order chi connectivity index (χ0) is 9.26. The van der Waals surface area contributed by atoms with Gasteiger partial charge in [-0.3, -0.25) is 9.72 Å². The maximum atomic E-state index is 10.9. The molecule has 0 spiro atoms. The number of rotatable bonds is 1. The molecule has 6 heteroatoms. The smallest absolute Gasteiger partial charge is 0.412 e. The Morgan fingerprint density at radius 2 is 2.62 bits per heavy atom. The zero-order valence-electron chi connectivity index (χ0n) is 6.85. The molecular formula is C7H7N3O2S. The number of thiazole rings is 1. The molecule has 2 aromatic heterocycles. The highest BCUT2D eigenvalue weighted by atomic mass is 32.1. The van der Waals surface area contributed by atoms with Crippen molar-refractivity contribution in [2.75, 3.05) is 12.4 Å². The van der Waals surface area contributed by atoms with Crippen molar-refractivity contribution >= 4 is 28.1 Å². The maximum absolute atomic E-state index is 10.9. The van der Waals surface area contributed by atoms with Crippen molar-refractivity contribution < 1.29 is 9.53 Å². The van der Waals surface area contributed by atoms with Crippen LogP contribution in [0.15, 0.2) is 17.9 Å². The molecule has 0 aliphatic carbocycles. The van der Waals surface area contributed by atoms with Gasteiger partial charge in [-0.15, -0.1) is 11.3 Å². The number of amides is 1. The number of methoxy groups -OCH3 is 1. The number of hydrogen-bond donors (Lipinski definition) is 1. The fraction of sp³-hybridized carbons (Fsp3) is 0.143. The number of aromatic nitrogens is 2. The van der Waals surface area contributed by atoms with Gasteiger partial charge < -0.3 is 4.74 Å². The molecule has 1 N–H and O–H groups in total. The van der Waals surface area contributed by atoms with Gasteiger partial charge in [0.15, 0.2) is 0 Å². The molecule has 2 heterocycles. The van der Waals surface area contributed by atoms with Crippen LogP contribution in [0, 0.1) is 0 Å². The number of carbonyl (C=O) groups is 1. The van der Waals surface area contributed by atoms with Gasteiger partial charge in [-0.1, -0.05) is 0 Å². The van der Waals surface area contributed by atoms with E-state index in [0.717, 1.165) is 4.83 Å². The summed E-state index contributed by atoms with van der Waals surface area (Å²) in [6.45, 7) is 0. The second-order valence-corrected chi connectivity index (χ2v) is 3.23. The molecule has 0 unspecified atom stereocenters. The Hall–Kier alpha value is -1.56. The predicted octanol–water partition coefficient (Wildman–Crippen LogP) is 1.57. The van der Waals surface area contributed by atoms with Crippen LogP contribution in [-0.4, -0.2) is 22.6 Å². The number of carbonyl (C=O) groups excluding carboxylic acids is 1. The first kappa shape index (κ1) is 8.06. The van der Waals surface area contributed by atoms with Gasteiger partial charge in [0, 0.05) is 5.38 Å². The van der Waals surface area contributed by atoms with Gasteiger partial charge in [0.05, 0.1) is 13.3 Å². The molecule has 0 bridgehead atoms. The van der Waals surface area contributed by atoms with E-state index in [9.17, 15) is 4.79 Å². The summed E-state index contributed by atoms with van der Waals surface area (Å²) in [7, 11) is 1.33. The third-order valence-corrected chi connectivity index (χ3v) is 2.46. The molecule has 0 saturated heterocycles. The van der Waals surface area contributed by atoms with Crippen LogP contribution in [0.25, 0.3) is 4.83 Å². The summed E-state index contributed by atoms with van der Waals surface area (Å²) in [4.78, 5) is 15.8. The molecule has 2 rings (SSSR count). The molecule has 68 valence electrons. The lowest BCUT2D eigenvalue weighted by molar-refractivity contribution is 0.187. The minimum atomic E-state index is -0.478. The van der Waals surface area contributed by atoms with E-state index in [0.29, 0.717) is 5.82 Å². The Labute approximate surface area is 78.0 Å². The third kappa shape index (κ3) is 1.35. The van der Waals surface area contributed by atoms with Crippen LogP contribution in [0.1, 0.15) is 0 Å². The lowest BCUT2D eigenvalue weighted by Crippen LogP contribution is -2.11. The minimum absolute atomic E-state index is 0.478. The summed E-state index contributed by atoms with van der Waals surface area (Å²) in [5, 5.41) is 4.40. The molecule has 5 nitrogen and oxygen atoms in total. The third-order valence-electron chi connectivity index (χ3n) is 1.57. The normalized spacial score (nSPS) is 10.2. The molecule has 0 radical (unpaired) electrons. The van der Waals surface area contributed by atoms with E-state index in [2.05, 4.69) is 15.0 Å². The predicted molar refractivity (Wildman–Crippen MR) is 49.1 cm³/mol. The zero-order valence-corrected chi connectivity index (χ0v) is 7.67. The van der Waals surface area contributed by atoms with Gasteiger partial charge in [-0.2, -0.15) is 0 Å². The highest BCUT2D eigenvalue weighted by Gasteiger charge is 2.06. The van der Waals surface area contributed by atoms with Crippen LogP contribution < -0.4 is 5.32 Å². The van der Waals surface area contributed by atoms with E-state index in [-0.39, 0.29) is 0 Å². The lowest BCUT2D eigenvalue weighted by Gasteiger charge is -2.00. The van der Waals surface area contributed by atoms with Crippen LogP contribution in [-0.2, 0) is 4.74 Å². The highest BCUT2D eigenvalue weighted by Crippen LogP contribution is 2.19. The van der Waals surface area contributed by atoms with E-state index in [4.69, 9.17) is 0 Å². The first-order chi connectivity index (χ1) is 6.31. The molecule has 0 aliphatic rings. The van der Waals surface area contributed by atoms with Crippen LogP contribution in [0.2, 0.25) is 0 Å². The van der Waals surface area contributed by atoms with Crippen molar-refractivity contribution in [3.8, 4) is 0 Å². The quantitative estimate of drug-likeness (QED) is 0.755. The number of nitrogens with zero attached hydrogens (tertiary/aromatic N) is 2. The minimum Gasteiger partial charge on any atom is -0.453 e. The van der Waals surface area contributed by atoms with Gasteiger partial charge in [0.2, 0.25) is 0 Å². The van der Waals surface area contributed by atoms with E-state index >= 15 is 0 Å². The summed E-state index contributed by atoms with van der Waals surface area (Å²) in [5.41, 5.74) is 0. The Morgan fingerprint density at radius 1 is 1.77 bits per heavy atom. The average Bonchev–Trinajstić information content (AvgIpc) is 2.69. The van der Waals surface area contributed by atoms with Gasteiger partial charge >= 0.3 is 6.09 Å². The van der Waals surface area contributed by atoms with E-state index in [1.807, 2.05) is 5.38 Å². The number of ether oxygens (including phenoxy) is 1. The van der Waals surface area contributed by atoms with Gasteiger partial charge in [0.25, 0.3) is 0 Å². The molecule has 0 atom stereocenters. The first-order valence-corrected chi connectivity index (χ1v) is 4.44. The monoisotopic (exact) mass is 197 g/mol. The molecule has 0 aliphatic heterocycles. The number of hydrogen-bond acceptors (Lipinski definition) is 4. The van der Waals surface area contributed by atoms with Crippen LogP contribution in [0.4, 0.5) is 10.6 Å². The summed E-state index contributed by atoms with van der Waals surface area (Å²) >= 11 is 1.50. The first-order valence-electron chi connectivity index (χ1n) is 3.56. The molecule has 0 saturated carbocycles. The van der Waals surface area contributed by atoms with Crippen molar-refractivity contribution in [3.05, 3.63) is 17.9 Å². The highest BCUT2D eigenvalue weighted by molar-refractivity contribution is 7.16. The fourth-order valence-corrected chi connectivity index (χ4v) is 1.75. The topological polar surface area (TPSA) is 55.6 Å². The molecule has 0 aromatic carbocycles. The molecule has 0 fully saturated rings. The Balaban J connectivity index is 2.33. The van der Waals surface area contributed by atoms with Crippen LogP contribution in [0.3, 0.4) is 0 Å². The molecule has 2 aromatic rings. The van der Waals surface area contributed by atoms with Crippen LogP contribution >= 0.6 is 11.3 Å². The second-order valence-electron chi connectivity index (χ2n) is 2.34. The SMILES string of the molecule is COC(=O)Nc1csc2cncn12. The average molecular weight is 197 g/mol. The van der Waals surface area contributed by atoms with Gasteiger partial charge in [-0.05, 0) is 0 Å². The number of fused-ring (bicyclic) bond motifs is 1. The number of nitrogens with one attached hydrogen (secondary N) is 1. The largest absolute Gasteiger partial charge is 0.453 e. The van der Waals surface area contributed by atoms with Crippen molar-refractivity contribution in [1.29, 1.82) is 0 Å². The fourth-order valence-electron chi connectivity index (χ4n) is 0.969. The number of anilines is 1. The maximum Gasteiger partial charge on any atom is 0.412 e. The Kier molecular flexibility index (Phi) is 1.90. The Morgan fingerprint density at radius 3 is 3.38 bits per heavy atom. The standard InChI is InChI=1S/C7H7N3O2S/c1-12-7(11)9-5-3-13-6-2-8-4-10(5)6/h2-4H,1H3,(H,9,11). The van der Waals surface area contributed by atoms with Crippen molar-refractivity contribution in [3.63, 3.8) is 0 Å². The van der Waals surface area contributed by atoms with Crippen molar-refractivity contribution in [1.82, 2.24) is 9.38 Å². The summed E-state index contributed by atoms with van der Waals surface area (Å²) in [6.07, 6.45) is 2.89. The van der Waals surface area contributed by atoms with Crippen LogP contribution in [0.5, 0.6) is 0 Å². The lowest BCUT2D eigenvalue weighted by atomic mass is 10.7. The van der Waals surface area contributed by atoms with E-state index in [1.165, 1.54) is 18.4 Å². The van der Waals surface area contributed by atoms with Gasteiger partial charge in [0.1, 0.15) is 17.0 Å². The van der Waals surface area contributed by atoms with E-state index in [1.54, 1.807) is 16.9 Å². The van der Waals surface area contributed by atoms with E-state index < -0.39 is 6.09 Å². The summed E-state index contributed by atoms with van der Waals surface area (Å²) in [5.74, 6) is 0.671. The van der Waals surface area contributed by atoms with Crippen molar-refractivity contribution in [2.45, 2.75) is 0 Å². The molecule has 13 heavy (non-hydrogen) atoms. The second kappa shape index (κ2) is 3.06. The summed E-state index contributed by atoms with van der Waals surface area (Å²) < 4.78 is 6.25. The van der Waals surface area contributed by atoms with Gasteiger partial charge in [-0.25, -0.2) is 9.78 Å². The number of imidazole rings is 1.